The highest BCUT2D eigenvalue weighted by Gasteiger charge is 2.25. The summed E-state index contributed by atoms with van der Waals surface area (Å²) in [5.74, 6) is -0.912. The molecule has 0 saturated heterocycles. The lowest BCUT2D eigenvalue weighted by Gasteiger charge is -2.11. The Morgan fingerprint density at radius 1 is 1.00 bits per heavy atom. The van der Waals surface area contributed by atoms with Gasteiger partial charge in [-0.25, -0.2) is 4.79 Å². The van der Waals surface area contributed by atoms with E-state index in [9.17, 15) is 26.4 Å². The fourth-order valence-electron chi connectivity index (χ4n) is 2.06. The van der Waals surface area contributed by atoms with Gasteiger partial charge in [-0.2, -0.15) is 21.6 Å². The van der Waals surface area contributed by atoms with E-state index in [2.05, 4.69) is 4.74 Å². The van der Waals surface area contributed by atoms with Crippen LogP contribution in [0.25, 0.3) is 0 Å². The molecule has 0 saturated carbocycles. The van der Waals surface area contributed by atoms with Crippen molar-refractivity contribution in [3.63, 3.8) is 0 Å². The van der Waals surface area contributed by atoms with Crippen LogP contribution in [0.5, 0.6) is 0 Å². The van der Waals surface area contributed by atoms with Gasteiger partial charge in [0.15, 0.2) is 6.10 Å². The number of hydrogen-bond donors (Lipinski definition) is 0. The molecule has 0 amide bonds. The zero-order chi connectivity index (χ0) is 18.6. The van der Waals surface area contributed by atoms with Crippen LogP contribution in [-0.4, -0.2) is 39.0 Å². The Bertz CT molecular complexity index is 449. The number of esters is 1. The summed E-state index contributed by atoms with van der Waals surface area (Å²) in [6, 6.07) is 0. The summed E-state index contributed by atoms with van der Waals surface area (Å²) in [6.45, 7) is 3.08. The van der Waals surface area contributed by atoms with E-state index < -0.39 is 34.8 Å². The van der Waals surface area contributed by atoms with Gasteiger partial charge < -0.3 is 4.74 Å². The Labute approximate surface area is 142 Å². The molecular weight excluding hydrogens is 349 g/mol. The second-order valence-corrected chi connectivity index (χ2v) is 7.31. The molecule has 0 aromatic carbocycles. The Morgan fingerprint density at radius 2 is 1.50 bits per heavy atom. The van der Waals surface area contributed by atoms with Gasteiger partial charge in [0, 0.05) is 6.42 Å². The van der Waals surface area contributed by atoms with Crippen LogP contribution < -0.4 is 0 Å². The van der Waals surface area contributed by atoms with Gasteiger partial charge in [0.1, 0.15) is 0 Å². The van der Waals surface area contributed by atoms with Crippen molar-refractivity contribution < 1.29 is 35.3 Å². The molecule has 0 bridgehead atoms. The molecule has 0 unspecified atom stereocenters. The Hall–Kier alpha value is -0.830. The lowest BCUT2D eigenvalue weighted by molar-refractivity contribution is -0.150. The second kappa shape index (κ2) is 11.7. The molecule has 0 aliphatic carbocycles. The van der Waals surface area contributed by atoms with Crippen LogP contribution in [0.15, 0.2) is 0 Å². The molecule has 0 rings (SSSR count). The van der Waals surface area contributed by atoms with E-state index in [0.29, 0.717) is 25.7 Å². The van der Waals surface area contributed by atoms with E-state index in [1.807, 2.05) is 0 Å². The largest absolute Gasteiger partial charge is 0.464 e. The van der Waals surface area contributed by atoms with E-state index in [4.69, 9.17) is 4.18 Å². The first-order chi connectivity index (χ1) is 11.1. The number of halogens is 3. The third-order valence-corrected chi connectivity index (χ3v) is 4.63. The highest BCUT2D eigenvalue weighted by Crippen LogP contribution is 2.23. The van der Waals surface area contributed by atoms with E-state index in [1.54, 1.807) is 6.92 Å². The zero-order valence-electron chi connectivity index (χ0n) is 14.2. The number of alkyl halides is 3. The fraction of sp³-hybridized carbons (Fsp3) is 0.933. The van der Waals surface area contributed by atoms with Crippen LogP contribution in [0, 0.1) is 0 Å². The highest BCUT2D eigenvalue weighted by atomic mass is 32.2. The SMILES string of the molecule is CCOC(=O)[C@H](C)OS(=O)(=O)CCCCCCCCCC(F)(F)F. The average Bonchev–Trinajstić information content (AvgIpc) is 2.44. The molecule has 0 aromatic rings. The lowest BCUT2D eigenvalue weighted by Crippen LogP contribution is -2.27. The average molecular weight is 376 g/mol. The summed E-state index contributed by atoms with van der Waals surface area (Å²) >= 11 is 0. The van der Waals surface area contributed by atoms with Gasteiger partial charge in [-0.1, -0.05) is 32.1 Å². The smallest absolute Gasteiger partial charge is 0.389 e. The summed E-state index contributed by atoms with van der Waals surface area (Å²) in [4.78, 5) is 11.3. The molecular formula is C15H27F3O5S. The third-order valence-electron chi connectivity index (χ3n) is 3.26. The molecule has 0 N–H and O–H groups in total. The normalized spacial score (nSPS) is 13.7. The quantitative estimate of drug-likeness (QED) is 0.276. The van der Waals surface area contributed by atoms with Gasteiger partial charge in [-0.3, -0.25) is 4.18 Å². The van der Waals surface area contributed by atoms with E-state index in [0.717, 1.165) is 12.8 Å². The molecule has 24 heavy (non-hydrogen) atoms. The monoisotopic (exact) mass is 376 g/mol. The van der Waals surface area contributed by atoms with Gasteiger partial charge >= 0.3 is 12.1 Å². The van der Waals surface area contributed by atoms with E-state index in [1.165, 1.54) is 6.92 Å². The zero-order valence-corrected chi connectivity index (χ0v) is 15.0. The summed E-state index contributed by atoms with van der Waals surface area (Å²) in [5.41, 5.74) is 0. The van der Waals surface area contributed by atoms with Crippen molar-refractivity contribution in [1.82, 2.24) is 0 Å². The number of carbonyl (C=O) groups is 1. The Balaban J connectivity index is 3.70. The van der Waals surface area contributed by atoms with E-state index in [-0.39, 0.29) is 18.8 Å². The molecule has 5 nitrogen and oxygen atoms in total. The summed E-state index contributed by atoms with van der Waals surface area (Å²) in [6.07, 6.45) is -2.06. The molecule has 0 spiro atoms. The topological polar surface area (TPSA) is 69.7 Å². The molecule has 0 aromatic heterocycles. The van der Waals surface area contributed by atoms with Crippen LogP contribution in [0.2, 0.25) is 0 Å². The number of unbranched alkanes of at least 4 members (excludes halogenated alkanes) is 6. The standard InChI is InChI=1S/C15H27F3O5S/c1-3-22-14(19)13(2)23-24(20,21)12-10-8-6-4-5-7-9-11-15(16,17)18/h13H,3-12H2,1-2H3/t13-/m0/s1. The predicted octanol–water partition coefficient (Wildman–Crippen LogP) is 3.97. The Morgan fingerprint density at radius 3 is 2.00 bits per heavy atom. The molecule has 0 fully saturated rings. The molecule has 1 atom stereocenters. The van der Waals surface area contributed by atoms with Crippen LogP contribution in [0.1, 0.15) is 65.2 Å². The molecule has 9 heteroatoms. The van der Waals surface area contributed by atoms with Gasteiger partial charge in [-0.15, -0.1) is 0 Å². The van der Waals surface area contributed by atoms with Crippen LogP contribution in [0.4, 0.5) is 13.2 Å². The maximum atomic E-state index is 11.9. The predicted molar refractivity (Wildman–Crippen MR) is 84.0 cm³/mol. The second-order valence-electron chi connectivity index (χ2n) is 5.59. The Kier molecular flexibility index (Phi) is 11.3. The molecule has 0 radical (unpaired) electrons. The van der Waals surface area contributed by atoms with Crippen molar-refractivity contribution in [3.8, 4) is 0 Å². The van der Waals surface area contributed by atoms with Gasteiger partial charge in [0.05, 0.1) is 12.4 Å². The number of ether oxygens (including phenoxy) is 1. The molecule has 0 aliphatic heterocycles. The highest BCUT2D eigenvalue weighted by molar-refractivity contribution is 7.86. The van der Waals surface area contributed by atoms with Crippen molar-refractivity contribution in [2.45, 2.75) is 77.5 Å². The van der Waals surface area contributed by atoms with Gasteiger partial charge in [0.2, 0.25) is 0 Å². The van der Waals surface area contributed by atoms with Crippen molar-refractivity contribution >= 4 is 16.1 Å². The van der Waals surface area contributed by atoms with Crippen molar-refractivity contribution in [3.05, 3.63) is 0 Å². The van der Waals surface area contributed by atoms with Gasteiger partial charge in [-0.05, 0) is 26.7 Å². The van der Waals surface area contributed by atoms with Crippen molar-refractivity contribution in [2.75, 3.05) is 12.4 Å². The first-order valence-corrected chi connectivity index (χ1v) is 9.79. The number of hydrogen-bond acceptors (Lipinski definition) is 5. The summed E-state index contributed by atoms with van der Waals surface area (Å²) in [5, 5.41) is 0. The summed E-state index contributed by atoms with van der Waals surface area (Å²) < 4.78 is 68.5. The lowest BCUT2D eigenvalue weighted by atomic mass is 10.1. The van der Waals surface area contributed by atoms with Crippen LogP contribution >= 0.6 is 0 Å². The third kappa shape index (κ3) is 13.6. The van der Waals surface area contributed by atoms with Crippen molar-refractivity contribution in [2.24, 2.45) is 0 Å². The summed E-state index contributed by atoms with van der Waals surface area (Å²) in [7, 11) is -3.79. The maximum Gasteiger partial charge on any atom is 0.389 e. The molecule has 144 valence electrons. The minimum Gasteiger partial charge on any atom is -0.464 e. The molecule has 0 aliphatic rings. The fourth-order valence-corrected chi connectivity index (χ4v) is 3.23. The minimum atomic E-state index is -4.09. The first kappa shape index (κ1) is 23.2. The van der Waals surface area contributed by atoms with Crippen LogP contribution in [-0.2, 0) is 23.8 Å². The number of rotatable bonds is 13. The van der Waals surface area contributed by atoms with Crippen LogP contribution in [0.3, 0.4) is 0 Å². The van der Waals surface area contributed by atoms with E-state index >= 15 is 0 Å². The minimum absolute atomic E-state index is 0.136. The number of carbonyl (C=O) groups excluding carboxylic acids is 1. The first-order valence-electron chi connectivity index (χ1n) is 8.21. The van der Waals surface area contributed by atoms with Crippen molar-refractivity contribution in [1.29, 1.82) is 0 Å². The molecule has 0 heterocycles. The maximum absolute atomic E-state index is 11.9. The van der Waals surface area contributed by atoms with Gasteiger partial charge in [0.25, 0.3) is 10.1 Å².